The molecule has 0 bridgehead atoms. The van der Waals surface area contributed by atoms with E-state index in [1.807, 2.05) is 24.0 Å². The number of nitrogens with zero attached hydrogens (tertiary/aromatic N) is 3. The van der Waals surface area contributed by atoms with E-state index in [1.54, 1.807) is 0 Å². The van der Waals surface area contributed by atoms with Crippen LogP contribution in [0.4, 0.5) is 0 Å². The first-order valence-electron chi connectivity index (χ1n) is 6.84. The van der Waals surface area contributed by atoms with Gasteiger partial charge in [-0.25, -0.2) is 4.68 Å². The van der Waals surface area contributed by atoms with Crippen molar-refractivity contribution >= 4 is 0 Å². The third-order valence-electron chi connectivity index (χ3n) is 3.11. The summed E-state index contributed by atoms with van der Waals surface area (Å²) in [5.74, 6) is 0.446. The summed E-state index contributed by atoms with van der Waals surface area (Å²) < 4.78 is 1.96. The van der Waals surface area contributed by atoms with Crippen LogP contribution >= 0.6 is 0 Å². The van der Waals surface area contributed by atoms with E-state index in [0.29, 0.717) is 5.92 Å². The first-order chi connectivity index (χ1) is 9.11. The van der Waals surface area contributed by atoms with E-state index >= 15 is 0 Å². The lowest BCUT2D eigenvalue weighted by atomic mass is 10.1. The molecule has 0 aromatic carbocycles. The van der Waals surface area contributed by atoms with Crippen molar-refractivity contribution in [3.63, 3.8) is 0 Å². The van der Waals surface area contributed by atoms with Crippen molar-refractivity contribution < 1.29 is 0 Å². The first-order valence-corrected chi connectivity index (χ1v) is 6.84. The molecule has 1 N–H and O–H groups in total. The number of aromatic nitrogens is 3. The molecule has 0 aliphatic carbocycles. The summed E-state index contributed by atoms with van der Waals surface area (Å²) in [6.45, 7) is 10.2. The minimum absolute atomic E-state index is 0.446. The van der Waals surface area contributed by atoms with Gasteiger partial charge in [0.15, 0.2) is 0 Å². The van der Waals surface area contributed by atoms with Crippen molar-refractivity contribution in [1.82, 2.24) is 20.1 Å². The lowest BCUT2D eigenvalue weighted by molar-refractivity contribution is 0.707. The van der Waals surface area contributed by atoms with Crippen molar-refractivity contribution in [3.05, 3.63) is 41.5 Å². The Morgan fingerprint density at radius 3 is 2.79 bits per heavy atom. The molecule has 0 aliphatic rings. The summed E-state index contributed by atoms with van der Waals surface area (Å²) in [6, 6.07) is 4.17. The zero-order valence-corrected chi connectivity index (χ0v) is 12.1. The van der Waals surface area contributed by atoms with Gasteiger partial charge in [0, 0.05) is 30.2 Å². The molecule has 0 amide bonds. The first kappa shape index (κ1) is 13.7. The minimum atomic E-state index is 0.446. The van der Waals surface area contributed by atoms with E-state index < -0.39 is 0 Å². The van der Waals surface area contributed by atoms with Crippen molar-refractivity contribution in [2.24, 2.45) is 0 Å². The third-order valence-corrected chi connectivity index (χ3v) is 3.11. The number of rotatable bonds is 5. The number of hydrogen-bond donors (Lipinski definition) is 1. The van der Waals surface area contributed by atoms with Gasteiger partial charge in [0.25, 0.3) is 0 Å². The van der Waals surface area contributed by atoms with Gasteiger partial charge in [0.05, 0.1) is 11.4 Å². The molecule has 0 radical (unpaired) electrons. The van der Waals surface area contributed by atoms with E-state index in [0.717, 1.165) is 30.2 Å². The molecule has 0 saturated carbocycles. The average Bonchev–Trinajstić information content (AvgIpc) is 2.87. The van der Waals surface area contributed by atoms with Crippen LogP contribution in [0.3, 0.4) is 0 Å². The second-order valence-electron chi connectivity index (χ2n) is 5.07. The van der Waals surface area contributed by atoms with E-state index in [4.69, 9.17) is 0 Å². The third kappa shape index (κ3) is 3.20. The second kappa shape index (κ2) is 5.97. The van der Waals surface area contributed by atoms with Crippen molar-refractivity contribution in [1.29, 1.82) is 0 Å². The van der Waals surface area contributed by atoms with Crippen LogP contribution < -0.4 is 5.32 Å². The summed E-state index contributed by atoms with van der Waals surface area (Å²) in [7, 11) is 0. The molecular formula is C15H22N4. The smallest absolute Gasteiger partial charge is 0.0724 e. The SMILES string of the molecule is CCNCc1cnc(C)cc1-n1ccc(C(C)C)n1. The standard InChI is InChI=1S/C15H22N4/c1-5-16-9-13-10-17-12(4)8-15(13)19-7-6-14(18-19)11(2)3/h6-8,10-11,16H,5,9H2,1-4H3. The molecule has 4 nitrogen and oxygen atoms in total. The van der Waals surface area contributed by atoms with Crippen molar-refractivity contribution in [3.8, 4) is 5.69 Å². The van der Waals surface area contributed by atoms with Crippen LogP contribution in [0.15, 0.2) is 24.5 Å². The minimum Gasteiger partial charge on any atom is -0.313 e. The van der Waals surface area contributed by atoms with Crippen LogP contribution in [0.25, 0.3) is 5.69 Å². The molecule has 0 atom stereocenters. The van der Waals surface area contributed by atoms with E-state index in [1.165, 1.54) is 5.56 Å². The van der Waals surface area contributed by atoms with Crippen LogP contribution in [0.2, 0.25) is 0 Å². The number of aryl methyl sites for hydroxylation is 1. The van der Waals surface area contributed by atoms with Crippen LogP contribution in [-0.2, 0) is 6.54 Å². The Bertz CT molecular complexity index is 543. The Balaban J connectivity index is 2.37. The fourth-order valence-corrected chi connectivity index (χ4v) is 1.96. The Hall–Kier alpha value is -1.68. The Morgan fingerprint density at radius 1 is 1.37 bits per heavy atom. The maximum Gasteiger partial charge on any atom is 0.0724 e. The van der Waals surface area contributed by atoms with E-state index in [2.05, 4.69) is 48.3 Å². The largest absolute Gasteiger partial charge is 0.313 e. The zero-order valence-electron chi connectivity index (χ0n) is 12.1. The molecule has 2 aromatic rings. The maximum atomic E-state index is 4.65. The highest BCUT2D eigenvalue weighted by Crippen LogP contribution is 2.17. The molecule has 102 valence electrons. The number of nitrogens with one attached hydrogen (secondary N) is 1. The van der Waals surface area contributed by atoms with Gasteiger partial charge in [0.2, 0.25) is 0 Å². The molecule has 0 fully saturated rings. The molecule has 0 unspecified atom stereocenters. The molecule has 0 saturated heterocycles. The number of hydrogen-bond acceptors (Lipinski definition) is 3. The van der Waals surface area contributed by atoms with Gasteiger partial charge in [-0.3, -0.25) is 4.98 Å². The van der Waals surface area contributed by atoms with Crippen molar-refractivity contribution in [2.45, 2.75) is 40.2 Å². The summed E-state index contributed by atoms with van der Waals surface area (Å²) in [6.07, 6.45) is 3.96. The normalized spacial score (nSPS) is 11.2. The van der Waals surface area contributed by atoms with Gasteiger partial charge in [0.1, 0.15) is 0 Å². The molecule has 19 heavy (non-hydrogen) atoms. The molecular weight excluding hydrogens is 236 g/mol. The van der Waals surface area contributed by atoms with E-state index in [9.17, 15) is 0 Å². The molecule has 2 heterocycles. The highest BCUT2D eigenvalue weighted by Gasteiger charge is 2.09. The molecule has 2 rings (SSSR count). The molecule has 0 aliphatic heterocycles. The topological polar surface area (TPSA) is 42.7 Å². The van der Waals surface area contributed by atoms with Crippen LogP contribution in [0.5, 0.6) is 0 Å². The number of pyridine rings is 1. The fourth-order valence-electron chi connectivity index (χ4n) is 1.96. The highest BCUT2D eigenvalue weighted by atomic mass is 15.3. The Morgan fingerprint density at radius 2 is 2.16 bits per heavy atom. The van der Waals surface area contributed by atoms with Gasteiger partial charge < -0.3 is 5.32 Å². The predicted molar refractivity (Wildman–Crippen MR) is 77.6 cm³/mol. The maximum absolute atomic E-state index is 4.65. The summed E-state index contributed by atoms with van der Waals surface area (Å²) in [5, 5.41) is 7.99. The summed E-state index contributed by atoms with van der Waals surface area (Å²) >= 11 is 0. The van der Waals surface area contributed by atoms with Crippen LogP contribution in [0, 0.1) is 6.92 Å². The Labute approximate surface area is 114 Å². The van der Waals surface area contributed by atoms with Gasteiger partial charge >= 0.3 is 0 Å². The lowest BCUT2D eigenvalue weighted by Gasteiger charge is -2.10. The fraction of sp³-hybridized carbons (Fsp3) is 0.467. The Kier molecular flexibility index (Phi) is 4.32. The molecule has 2 aromatic heterocycles. The molecule has 0 spiro atoms. The van der Waals surface area contributed by atoms with E-state index in [-0.39, 0.29) is 0 Å². The van der Waals surface area contributed by atoms with Crippen LogP contribution in [0.1, 0.15) is 43.6 Å². The summed E-state index contributed by atoms with van der Waals surface area (Å²) in [5.41, 5.74) is 4.41. The van der Waals surface area contributed by atoms with Crippen LogP contribution in [-0.4, -0.2) is 21.3 Å². The quantitative estimate of drug-likeness (QED) is 0.896. The van der Waals surface area contributed by atoms with Gasteiger partial charge in [-0.1, -0.05) is 20.8 Å². The van der Waals surface area contributed by atoms with Gasteiger partial charge in [-0.05, 0) is 31.5 Å². The van der Waals surface area contributed by atoms with Gasteiger partial charge in [-0.15, -0.1) is 0 Å². The average molecular weight is 258 g/mol. The second-order valence-corrected chi connectivity index (χ2v) is 5.07. The molecule has 4 heteroatoms. The van der Waals surface area contributed by atoms with Crippen molar-refractivity contribution in [2.75, 3.05) is 6.54 Å². The monoisotopic (exact) mass is 258 g/mol. The predicted octanol–water partition coefficient (Wildman–Crippen LogP) is 2.81. The summed E-state index contributed by atoms with van der Waals surface area (Å²) in [4.78, 5) is 4.38. The lowest BCUT2D eigenvalue weighted by Crippen LogP contribution is -2.14. The van der Waals surface area contributed by atoms with Gasteiger partial charge in [-0.2, -0.15) is 5.10 Å². The zero-order chi connectivity index (χ0) is 13.8. The highest BCUT2D eigenvalue weighted by molar-refractivity contribution is 5.40.